The van der Waals surface area contributed by atoms with Gasteiger partial charge < -0.3 is 5.32 Å². The Labute approximate surface area is 147 Å². The molecule has 1 aliphatic rings. The van der Waals surface area contributed by atoms with Crippen LogP contribution in [-0.2, 0) is 19.9 Å². The highest BCUT2D eigenvalue weighted by atomic mass is 35.5. The van der Waals surface area contributed by atoms with Crippen molar-refractivity contribution in [2.24, 2.45) is 0 Å². The second kappa shape index (κ2) is 7.38. The van der Waals surface area contributed by atoms with Crippen molar-refractivity contribution in [2.45, 2.75) is 12.5 Å². The summed E-state index contributed by atoms with van der Waals surface area (Å²) in [5.74, 6) is -0.609. The van der Waals surface area contributed by atoms with E-state index >= 15 is 0 Å². The lowest BCUT2D eigenvalue weighted by molar-refractivity contribution is 0.0950. The van der Waals surface area contributed by atoms with E-state index in [1.807, 2.05) is 0 Å². The topological polar surface area (TPSA) is 101 Å². The Morgan fingerprint density at radius 2 is 2.04 bits per heavy atom. The normalized spacial score (nSPS) is 20.2. The molecule has 0 spiro atoms. The fraction of sp³-hybridized carbons (Fsp3) is 0.500. The minimum absolute atomic E-state index is 0.00914. The zero-order valence-electron chi connectivity index (χ0n) is 13.1. The molecule has 0 aromatic heterocycles. The second-order valence-electron chi connectivity index (χ2n) is 5.67. The summed E-state index contributed by atoms with van der Waals surface area (Å²) in [6, 6.07) is 5.94. The van der Waals surface area contributed by atoms with Crippen LogP contribution in [0.2, 0.25) is 5.02 Å². The van der Waals surface area contributed by atoms with Gasteiger partial charge in [0.1, 0.15) is 0 Å². The van der Waals surface area contributed by atoms with Crippen LogP contribution < -0.4 is 5.32 Å². The van der Waals surface area contributed by atoms with Gasteiger partial charge in [0, 0.05) is 19.1 Å². The molecule has 7 nitrogen and oxygen atoms in total. The molecule has 1 saturated heterocycles. The van der Waals surface area contributed by atoms with E-state index in [1.54, 1.807) is 24.3 Å². The molecule has 1 atom stereocenters. The Hall–Kier alpha value is -1.16. The van der Waals surface area contributed by atoms with Gasteiger partial charge in [0.05, 0.1) is 28.3 Å². The zero-order chi connectivity index (χ0) is 18.0. The number of carbonyl (C=O) groups is 1. The second-order valence-corrected chi connectivity index (χ2v) is 10.2. The lowest BCUT2D eigenvalue weighted by atomic mass is 10.2. The largest absolute Gasteiger partial charge is 0.351 e. The maximum absolute atomic E-state index is 12.1. The van der Waals surface area contributed by atoms with Crippen molar-refractivity contribution in [3.8, 4) is 0 Å². The van der Waals surface area contributed by atoms with Gasteiger partial charge in [0.2, 0.25) is 10.0 Å². The molecule has 0 aliphatic carbocycles. The third-order valence-electron chi connectivity index (χ3n) is 3.78. The molecule has 0 bridgehead atoms. The van der Waals surface area contributed by atoms with E-state index in [1.165, 1.54) is 0 Å². The van der Waals surface area contributed by atoms with E-state index in [2.05, 4.69) is 5.32 Å². The van der Waals surface area contributed by atoms with Crippen molar-refractivity contribution >= 4 is 37.4 Å². The number of rotatable bonds is 6. The van der Waals surface area contributed by atoms with Gasteiger partial charge in [-0.3, -0.25) is 4.79 Å². The standard InChI is InChI=1S/C14H19ClN2O5S2/c1-23(19,20)17(11-6-9-24(21,22)10-11)8-7-16-14(18)12-4-2-3-5-13(12)15/h2-5,11H,6-10H2,1H3,(H,16,18). The summed E-state index contributed by atoms with van der Waals surface area (Å²) >= 11 is 5.93. The Balaban J connectivity index is 1.99. The first-order chi connectivity index (χ1) is 11.1. The highest BCUT2D eigenvalue weighted by Gasteiger charge is 2.36. The summed E-state index contributed by atoms with van der Waals surface area (Å²) in [5, 5.41) is 2.91. The Morgan fingerprint density at radius 1 is 1.38 bits per heavy atom. The van der Waals surface area contributed by atoms with Gasteiger partial charge >= 0.3 is 0 Å². The highest BCUT2D eigenvalue weighted by molar-refractivity contribution is 7.92. The predicted molar refractivity (Wildman–Crippen MR) is 92.4 cm³/mol. The number of hydrogen-bond acceptors (Lipinski definition) is 5. The molecule has 1 heterocycles. The lowest BCUT2D eigenvalue weighted by Gasteiger charge is -2.25. The van der Waals surface area contributed by atoms with E-state index in [-0.39, 0.29) is 31.0 Å². The maximum atomic E-state index is 12.1. The summed E-state index contributed by atoms with van der Waals surface area (Å²) in [7, 11) is -6.78. The summed E-state index contributed by atoms with van der Waals surface area (Å²) in [4.78, 5) is 12.1. The van der Waals surface area contributed by atoms with Crippen molar-refractivity contribution in [2.75, 3.05) is 30.9 Å². The van der Waals surface area contributed by atoms with Crippen LogP contribution in [-0.4, -0.2) is 63.9 Å². The molecular formula is C14H19ClN2O5S2. The predicted octanol–water partition coefficient (Wildman–Crippen LogP) is 0.519. The van der Waals surface area contributed by atoms with Crippen LogP contribution in [0.15, 0.2) is 24.3 Å². The molecule has 1 unspecified atom stereocenters. The van der Waals surface area contributed by atoms with Crippen LogP contribution in [0.4, 0.5) is 0 Å². The fourth-order valence-electron chi connectivity index (χ4n) is 2.64. The van der Waals surface area contributed by atoms with Crippen LogP contribution in [0.3, 0.4) is 0 Å². The fourth-order valence-corrected chi connectivity index (χ4v) is 5.83. The Morgan fingerprint density at radius 3 is 2.58 bits per heavy atom. The molecule has 1 aromatic carbocycles. The van der Waals surface area contributed by atoms with Gasteiger partial charge in [0.25, 0.3) is 5.91 Å². The summed E-state index contributed by atoms with van der Waals surface area (Å²) < 4.78 is 48.1. The molecule has 1 aliphatic heterocycles. The quantitative estimate of drug-likeness (QED) is 0.758. The number of nitrogens with zero attached hydrogens (tertiary/aromatic N) is 1. The SMILES string of the molecule is CS(=O)(=O)N(CCNC(=O)c1ccccc1Cl)C1CCS(=O)(=O)C1. The van der Waals surface area contributed by atoms with E-state index in [0.29, 0.717) is 10.6 Å². The van der Waals surface area contributed by atoms with Gasteiger partial charge in [0.15, 0.2) is 9.84 Å². The number of sulfonamides is 1. The van der Waals surface area contributed by atoms with Crippen molar-refractivity contribution in [3.05, 3.63) is 34.9 Å². The van der Waals surface area contributed by atoms with Crippen molar-refractivity contribution in [1.29, 1.82) is 0 Å². The first-order valence-corrected chi connectivity index (χ1v) is 11.3. The first-order valence-electron chi connectivity index (χ1n) is 7.30. The zero-order valence-corrected chi connectivity index (χ0v) is 15.5. The Bertz CT molecular complexity index is 823. The van der Waals surface area contributed by atoms with E-state index in [0.717, 1.165) is 10.6 Å². The molecule has 1 aromatic rings. The lowest BCUT2D eigenvalue weighted by Crippen LogP contribution is -2.44. The van der Waals surface area contributed by atoms with Gasteiger partial charge in [-0.1, -0.05) is 23.7 Å². The summed E-state index contributed by atoms with van der Waals surface area (Å²) in [6.45, 7) is 0.0723. The molecule has 0 saturated carbocycles. The van der Waals surface area contributed by atoms with Crippen LogP contribution in [0.25, 0.3) is 0 Å². The Kier molecular flexibility index (Phi) is 5.90. The average Bonchev–Trinajstić information content (AvgIpc) is 2.82. The molecule has 0 radical (unpaired) electrons. The third-order valence-corrected chi connectivity index (χ3v) is 7.19. The van der Waals surface area contributed by atoms with E-state index in [9.17, 15) is 21.6 Å². The number of sulfone groups is 1. The van der Waals surface area contributed by atoms with Crippen LogP contribution in [0.1, 0.15) is 16.8 Å². The molecule has 1 fully saturated rings. The molecule has 10 heteroatoms. The first kappa shape index (κ1) is 19.2. The van der Waals surface area contributed by atoms with Gasteiger partial charge in [-0.05, 0) is 18.6 Å². The number of benzene rings is 1. The summed E-state index contributed by atoms with van der Waals surface area (Å²) in [5.41, 5.74) is 0.300. The number of carbonyl (C=O) groups excluding carboxylic acids is 1. The molecular weight excluding hydrogens is 376 g/mol. The monoisotopic (exact) mass is 394 g/mol. The molecule has 134 valence electrons. The summed E-state index contributed by atoms with van der Waals surface area (Å²) in [6.07, 6.45) is 1.31. The average molecular weight is 395 g/mol. The van der Waals surface area contributed by atoms with Crippen LogP contribution in [0, 0.1) is 0 Å². The third kappa shape index (κ3) is 4.92. The highest BCUT2D eigenvalue weighted by Crippen LogP contribution is 2.20. The number of halogens is 1. The number of nitrogens with one attached hydrogen (secondary N) is 1. The number of hydrogen-bond donors (Lipinski definition) is 1. The number of amides is 1. The van der Waals surface area contributed by atoms with Crippen molar-refractivity contribution < 1.29 is 21.6 Å². The van der Waals surface area contributed by atoms with Crippen molar-refractivity contribution in [1.82, 2.24) is 9.62 Å². The molecule has 2 rings (SSSR count). The van der Waals surface area contributed by atoms with E-state index < -0.39 is 31.8 Å². The van der Waals surface area contributed by atoms with Crippen LogP contribution in [0.5, 0.6) is 0 Å². The molecule has 1 N–H and O–H groups in total. The van der Waals surface area contributed by atoms with Gasteiger partial charge in [-0.15, -0.1) is 0 Å². The van der Waals surface area contributed by atoms with Gasteiger partial charge in [-0.25, -0.2) is 16.8 Å². The molecule has 24 heavy (non-hydrogen) atoms. The smallest absolute Gasteiger partial charge is 0.252 e. The van der Waals surface area contributed by atoms with E-state index in [4.69, 9.17) is 11.6 Å². The minimum atomic E-state index is -3.58. The van der Waals surface area contributed by atoms with Crippen LogP contribution >= 0.6 is 11.6 Å². The van der Waals surface area contributed by atoms with Crippen molar-refractivity contribution in [3.63, 3.8) is 0 Å². The van der Waals surface area contributed by atoms with Gasteiger partial charge in [-0.2, -0.15) is 4.31 Å². The molecule has 1 amide bonds. The minimum Gasteiger partial charge on any atom is -0.351 e. The maximum Gasteiger partial charge on any atom is 0.252 e.